The summed E-state index contributed by atoms with van der Waals surface area (Å²) < 4.78 is 1.31. The fraction of sp³-hybridized carbons (Fsp3) is 0.167. The molecule has 1 N–H and O–H groups in total. The Labute approximate surface area is 113 Å². The largest absolute Gasteiger partial charge is 0.328 e. The van der Waals surface area contributed by atoms with E-state index in [1.807, 2.05) is 25.1 Å². The van der Waals surface area contributed by atoms with Crippen LogP contribution in [-0.4, -0.2) is 9.55 Å². The summed E-state index contributed by atoms with van der Waals surface area (Å²) in [6.07, 6.45) is 1.30. The average Bonchev–Trinajstić information content (AvgIpc) is 2.29. The van der Waals surface area contributed by atoms with E-state index in [-0.39, 0.29) is 11.6 Å². The van der Waals surface area contributed by atoms with E-state index in [9.17, 15) is 9.59 Å². The Morgan fingerprint density at radius 3 is 2.61 bits per heavy atom. The Balaban J connectivity index is 2.43. The predicted octanol–water partition coefficient (Wildman–Crippen LogP) is 2.20. The summed E-state index contributed by atoms with van der Waals surface area (Å²) in [4.78, 5) is 24.8. The maximum Gasteiger partial charge on any atom is 0.328 e. The molecule has 6 heteroatoms. The molecule has 0 atom stereocenters. The first-order valence-electron chi connectivity index (χ1n) is 5.21. The maximum atomic E-state index is 11.6. The van der Waals surface area contributed by atoms with Gasteiger partial charge in [-0.15, -0.1) is 0 Å². The molecule has 18 heavy (non-hydrogen) atoms. The number of hydrogen-bond acceptors (Lipinski definition) is 2. The van der Waals surface area contributed by atoms with Crippen LogP contribution in [0.3, 0.4) is 0 Å². The van der Waals surface area contributed by atoms with Gasteiger partial charge >= 0.3 is 5.69 Å². The monoisotopic (exact) mass is 284 g/mol. The summed E-state index contributed by atoms with van der Waals surface area (Å²) in [6.45, 7) is 2.19. The van der Waals surface area contributed by atoms with Crippen LogP contribution in [0.25, 0.3) is 0 Å². The van der Waals surface area contributed by atoms with Crippen molar-refractivity contribution in [2.24, 2.45) is 0 Å². The van der Waals surface area contributed by atoms with Crippen molar-refractivity contribution < 1.29 is 0 Å². The zero-order valence-corrected chi connectivity index (χ0v) is 11.0. The molecule has 2 rings (SSSR count). The number of aromatic nitrogens is 2. The summed E-state index contributed by atoms with van der Waals surface area (Å²) in [6, 6.07) is 5.55. The zero-order valence-electron chi connectivity index (χ0n) is 9.54. The predicted molar refractivity (Wildman–Crippen MR) is 71.6 cm³/mol. The number of nitrogens with zero attached hydrogens (tertiary/aromatic N) is 1. The highest BCUT2D eigenvalue weighted by atomic mass is 35.5. The van der Waals surface area contributed by atoms with E-state index in [4.69, 9.17) is 23.2 Å². The smallest absolute Gasteiger partial charge is 0.295 e. The summed E-state index contributed by atoms with van der Waals surface area (Å²) >= 11 is 11.8. The molecule has 2 aromatic rings. The normalized spacial score (nSPS) is 10.6. The van der Waals surface area contributed by atoms with Gasteiger partial charge in [0.1, 0.15) is 5.02 Å². The molecular formula is C12H10Cl2N2O2. The van der Waals surface area contributed by atoms with Crippen LogP contribution in [0.15, 0.2) is 34.0 Å². The topological polar surface area (TPSA) is 54.9 Å². The van der Waals surface area contributed by atoms with Crippen LogP contribution in [0, 0.1) is 6.92 Å². The number of rotatable bonds is 2. The molecule has 0 amide bonds. The molecule has 0 saturated carbocycles. The Morgan fingerprint density at radius 1 is 1.22 bits per heavy atom. The Kier molecular flexibility index (Phi) is 3.59. The molecule has 0 aliphatic heterocycles. The molecule has 0 saturated heterocycles. The van der Waals surface area contributed by atoms with E-state index in [1.165, 1.54) is 10.8 Å². The van der Waals surface area contributed by atoms with Crippen LogP contribution in [-0.2, 0) is 6.54 Å². The van der Waals surface area contributed by atoms with Gasteiger partial charge in [0.25, 0.3) is 5.56 Å². The first kappa shape index (κ1) is 12.9. The van der Waals surface area contributed by atoms with E-state index < -0.39 is 11.2 Å². The minimum atomic E-state index is -0.590. The number of H-pyrrole nitrogens is 1. The summed E-state index contributed by atoms with van der Waals surface area (Å²) in [5.74, 6) is 0. The zero-order chi connectivity index (χ0) is 13.3. The number of benzene rings is 1. The van der Waals surface area contributed by atoms with Crippen LogP contribution in [0.5, 0.6) is 0 Å². The molecule has 1 aromatic heterocycles. The molecule has 0 fully saturated rings. The lowest BCUT2D eigenvalue weighted by molar-refractivity contribution is 0.721. The highest BCUT2D eigenvalue weighted by Crippen LogP contribution is 2.18. The van der Waals surface area contributed by atoms with Crippen molar-refractivity contribution >= 4 is 23.2 Å². The summed E-state index contributed by atoms with van der Waals surface area (Å²) in [7, 11) is 0. The molecule has 0 aliphatic rings. The molecule has 0 radical (unpaired) electrons. The van der Waals surface area contributed by atoms with Gasteiger partial charge in [-0.25, -0.2) is 4.79 Å². The van der Waals surface area contributed by atoms with Gasteiger partial charge in [0, 0.05) is 11.2 Å². The van der Waals surface area contributed by atoms with E-state index in [1.54, 1.807) is 0 Å². The van der Waals surface area contributed by atoms with Crippen LogP contribution < -0.4 is 11.2 Å². The van der Waals surface area contributed by atoms with Crippen LogP contribution in [0.2, 0.25) is 10.0 Å². The van der Waals surface area contributed by atoms with Crippen molar-refractivity contribution in [1.82, 2.24) is 9.55 Å². The minimum Gasteiger partial charge on any atom is -0.295 e. The molecule has 4 nitrogen and oxygen atoms in total. The molecule has 94 valence electrons. The first-order chi connectivity index (χ1) is 8.47. The fourth-order valence-corrected chi connectivity index (χ4v) is 2.02. The average molecular weight is 285 g/mol. The van der Waals surface area contributed by atoms with Gasteiger partial charge in [-0.3, -0.25) is 14.3 Å². The van der Waals surface area contributed by atoms with E-state index in [0.29, 0.717) is 5.02 Å². The van der Waals surface area contributed by atoms with Crippen molar-refractivity contribution in [3.05, 3.63) is 66.4 Å². The number of aryl methyl sites for hydroxylation is 1. The van der Waals surface area contributed by atoms with Gasteiger partial charge < -0.3 is 0 Å². The Hall–Kier alpha value is -1.52. The number of nitrogens with one attached hydrogen (secondary N) is 1. The first-order valence-corrected chi connectivity index (χ1v) is 5.97. The lowest BCUT2D eigenvalue weighted by Gasteiger charge is -2.08. The lowest BCUT2D eigenvalue weighted by atomic mass is 10.1. The SMILES string of the molecule is Cc1ccc(Cn2cc(Cl)c(=O)[nH]c2=O)c(Cl)c1. The van der Waals surface area contributed by atoms with E-state index in [2.05, 4.69) is 4.98 Å². The standard InChI is InChI=1S/C12H10Cl2N2O2/c1-7-2-3-8(9(13)4-7)5-16-6-10(14)11(17)15-12(16)18/h2-4,6H,5H2,1H3,(H,15,17,18). The number of halogens is 2. The van der Waals surface area contributed by atoms with Gasteiger partial charge in [0.15, 0.2) is 0 Å². The number of hydrogen-bond donors (Lipinski definition) is 1. The molecule has 0 unspecified atom stereocenters. The van der Waals surface area contributed by atoms with Gasteiger partial charge in [0.05, 0.1) is 6.54 Å². The Morgan fingerprint density at radius 2 is 1.94 bits per heavy atom. The molecule has 0 spiro atoms. The van der Waals surface area contributed by atoms with Gasteiger partial charge in [-0.2, -0.15) is 0 Å². The van der Waals surface area contributed by atoms with Gasteiger partial charge in [-0.05, 0) is 24.1 Å². The van der Waals surface area contributed by atoms with Gasteiger partial charge in [-0.1, -0.05) is 35.3 Å². The number of aromatic amines is 1. The molecule has 0 bridgehead atoms. The quantitative estimate of drug-likeness (QED) is 0.919. The van der Waals surface area contributed by atoms with Crippen molar-refractivity contribution in [1.29, 1.82) is 0 Å². The highest BCUT2D eigenvalue weighted by Gasteiger charge is 2.06. The van der Waals surface area contributed by atoms with Crippen LogP contribution in [0.1, 0.15) is 11.1 Å². The third kappa shape index (κ3) is 2.66. The second kappa shape index (κ2) is 5.00. The minimum absolute atomic E-state index is 0.0298. The molecule has 1 heterocycles. The maximum absolute atomic E-state index is 11.6. The summed E-state index contributed by atoms with van der Waals surface area (Å²) in [5, 5.41) is 0.544. The van der Waals surface area contributed by atoms with Crippen molar-refractivity contribution in [3.8, 4) is 0 Å². The van der Waals surface area contributed by atoms with Crippen molar-refractivity contribution in [2.45, 2.75) is 13.5 Å². The lowest BCUT2D eigenvalue weighted by Crippen LogP contribution is -2.30. The second-order valence-electron chi connectivity index (χ2n) is 3.96. The third-order valence-corrected chi connectivity index (χ3v) is 3.14. The Bertz CT molecular complexity index is 704. The van der Waals surface area contributed by atoms with Gasteiger partial charge in [0.2, 0.25) is 0 Å². The molecular weight excluding hydrogens is 275 g/mol. The highest BCUT2D eigenvalue weighted by molar-refractivity contribution is 6.31. The van der Waals surface area contributed by atoms with Crippen molar-refractivity contribution in [3.63, 3.8) is 0 Å². The third-order valence-electron chi connectivity index (χ3n) is 2.52. The van der Waals surface area contributed by atoms with E-state index >= 15 is 0 Å². The molecule has 0 aliphatic carbocycles. The summed E-state index contributed by atoms with van der Waals surface area (Å²) in [5.41, 5.74) is 0.719. The molecule has 1 aromatic carbocycles. The van der Waals surface area contributed by atoms with Crippen LogP contribution >= 0.6 is 23.2 Å². The fourth-order valence-electron chi connectivity index (χ4n) is 1.56. The van der Waals surface area contributed by atoms with Crippen molar-refractivity contribution in [2.75, 3.05) is 0 Å². The van der Waals surface area contributed by atoms with E-state index in [0.717, 1.165) is 11.1 Å². The second-order valence-corrected chi connectivity index (χ2v) is 4.77. The van der Waals surface area contributed by atoms with Crippen LogP contribution in [0.4, 0.5) is 0 Å².